The molecular formula is C14H20ClN5OS. The molecule has 0 spiro atoms. The Morgan fingerprint density at radius 1 is 1.50 bits per heavy atom. The molecule has 22 heavy (non-hydrogen) atoms. The number of rotatable bonds is 4. The van der Waals surface area contributed by atoms with Crippen LogP contribution in [0.4, 0.5) is 0 Å². The molecule has 0 saturated carbocycles. The third-order valence-corrected chi connectivity index (χ3v) is 4.66. The van der Waals surface area contributed by atoms with E-state index in [2.05, 4.69) is 20.5 Å². The Morgan fingerprint density at radius 3 is 3.05 bits per heavy atom. The van der Waals surface area contributed by atoms with Crippen molar-refractivity contribution in [3.8, 4) is 0 Å². The van der Waals surface area contributed by atoms with Crippen molar-refractivity contribution in [3.63, 3.8) is 0 Å². The molecule has 2 N–H and O–H groups in total. The highest BCUT2D eigenvalue weighted by Gasteiger charge is 2.23. The summed E-state index contributed by atoms with van der Waals surface area (Å²) >= 11 is 1.68. The van der Waals surface area contributed by atoms with Crippen LogP contribution < -0.4 is 5.32 Å². The molecule has 120 valence electrons. The molecule has 8 heteroatoms. The highest BCUT2D eigenvalue weighted by molar-refractivity contribution is 7.11. The summed E-state index contributed by atoms with van der Waals surface area (Å²) in [6.07, 6.45) is 3.56. The number of aromatic nitrogens is 3. The van der Waals surface area contributed by atoms with E-state index in [1.807, 2.05) is 20.2 Å². The van der Waals surface area contributed by atoms with Crippen LogP contribution in [-0.2, 0) is 19.4 Å². The van der Waals surface area contributed by atoms with E-state index in [1.54, 1.807) is 16.2 Å². The molecule has 1 amide bonds. The number of aromatic amines is 1. The summed E-state index contributed by atoms with van der Waals surface area (Å²) in [5.74, 6) is -0.0236. The largest absolute Gasteiger partial charge is 0.340 e. The van der Waals surface area contributed by atoms with E-state index in [-0.39, 0.29) is 18.3 Å². The number of thiazole rings is 1. The van der Waals surface area contributed by atoms with Crippen molar-refractivity contribution in [1.29, 1.82) is 0 Å². The molecular weight excluding hydrogens is 322 g/mol. The lowest BCUT2D eigenvalue weighted by atomic mass is 10.1. The van der Waals surface area contributed by atoms with E-state index in [0.29, 0.717) is 18.8 Å². The lowest BCUT2D eigenvalue weighted by molar-refractivity contribution is 0.0789. The van der Waals surface area contributed by atoms with Gasteiger partial charge in [-0.1, -0.05) is 0 Å². The Bertz CT molecular complexity index is 653. The predicted octanol–water partition coefficient (Wildman–Crippen LogP) is 1.56. The molecule has 0 bridgehead atoms. The number of nitrogens with zero attached hydrogens (tertiary/aromatic N) is 3. The number of aryl methyl sites for hydroxylation is 1. The molecule has 2 aromatic rings. The molecule has 2 aromatic heterocycles. The number of hydrogen-bond donors (Lipinski definition) is 2. The fourth-order valence-corrected chi connectivity index (χ4v) is 3.24. The van der Waals surface area contributed by atoms with E-state index in [0.717, 1.165) is 35.7 Å². The SMILES string of the molecule is Cc1cnc(CCN(C)C(=O)c2n[nH]c3c2CNCC3)s1.Cl. The molecule has 1 aliphatic rings. The molecule has 0 radical (unpaired) electrons. The van der Waals surface area contributed by atoms with Crippen LogP contribution in [0.1, 0.15) is 31.6 Å². The zero-order chi connectivity index (χ0) is 14.8. The number of H-pyrrole nitrogens is 1. The van der Waals surface area contributed by atoms with Crippen LogP contribution in [-0.4, -0.2) is 46.1 Å². The summed E-state index contributed by atoms with van der Waals surface area (Å²) in [5.41, 5.74) is 2.65. The summed E-state index contributed by atoms with van der Waals surface area (Å²) < 4.78 is 0. The van der Waals surface area contributed by atoms with Gasteiger partial charge in [0.25, 0.3) is 5.91 Å². The minimum absolute atomic E-state index is 0. The van der Waals surface area contributed by atoms with Gasteiger partial charge < -0.3 is 10.2 Å². The quantitative estimate of drug-likeness (QED) is 0.885. The third kappa shape index (κ3) is 3.48. The maximum atomic E-state index is 12.5. The summed E-state index contributed by atoms with van der Waals surface area (Å²) in [6, 6.07) is 0. The molecule has 0 atom stereocenters. The van der Waals surface area contributed by atoms with Crippen LogP contribution in [0.3, 0.4) is 0 Å². The number of halogens is 1. The topological polar surface area (TPSA) is 73.9 Å². The molecule has 0 unspecified atom stereocenters. The first-order valence-corrected chi connectivity index (χ1v) is 7.90. The van der Waals surface area contributed by atoms with E-state index >= 15 is 0 Å². The fourth-order valence-electron chi connectivity index (χ4n) is 2.46. The maximum absolute atomic E-state index is 12.5. The maximum Gasteiger partial charge on any atom is 0.274 e. The Balaban J connectivity index is 0.00000176. The molecule has 0 aromatic carbocycles. The van der Waals surface area contributed by atoms with Crippen molar-refractivity contribution in [2.24, 2.45) is 0 Å². The van der Waals surface area contributed by atoms with Crippen LogP contribution in [0.25, 0.3) is 0 Å². The minimum Gasteiger partial charge on any atom is -0.340 e. The van der Waals surface area contributed by atoms with Gasteiger partial charge in [0.15, 0.2) is 5.69 Å². The zero-order valence-corrected chi connectivity index (χ0v) is 14.3. The predicted molar refractivity (Wildman–Crippen MR) is 88.8 cm³/mol. The lowest BCUT2D eigenvalue weighted by Gasteiger charge is -2.17. The molecule has 3 rings (SSSR count). The summed E-state index contributed by atoms with van der Waals surface area (Å²) in [5, 5.41) is 11.6. The van der Waals surface area contributed by atoms with Crippen LogP contribution >= 0.6 is 23.7 Å². The molecule has 0 fully saturated rings. The smallest absolute Gasteiger partial charge is 0.274 e. The van der Waals surface area contributed by atoms with Crippen molar-refractivity contribution in [2.45, 2.75) is 26.3 Å². The Morgan fingerprint density at radius 2 is 2.32 bits per heavy atom. The zero-order valence-electron chi connectivity index (χ0n) is 12.7. The fraction of sp³-hybridized carbons (Fsp3) is 0.500. The molecule has 0 aliphatic carbocycles. The highest BCUT2D eigenvalue weighted by Crippen LogP contribution is 2.17. The van der Waals surface area contributed by atoms with Crippen molar-refractivity contribution in [2.75, 3.05) is 20.1 Å². The van der Waals surface area contributed by atoms with Crippen LogP contribution in [0.15, 0.2) is 6.20 Å². The Kier molecular flexibility index (Phi) is 5.55. The number of hydrogen-bond acceptors (Lipinski definition) is 5. The van der Waals surface area contributed by atoms with Gasteiger partial charge in [-0.05, 0) is 6.92 Å². The standard InChI is InChI=1S/C14H19N5OS.ClH/c1-9-7-16-12(21-9)4-6-19(2)14(20)13-10-8-15-5-3-11(10)17-18-13;/h7,15H,3-6,8H2,1-2H3,(H,17,18);1H. The van der Waals surface area contributed by atoms with E-state index in [9.17, 15) is 4.79 Å². The Hall–Kier alpha value is -1.44. The normalized spacial score (nSPS) is 13.4. The van der Waals surface area contributed by atoms with Crippen molar-refractivity contribution in [1.82, 2.24) is 25.4 Å². The first-order valence-electron chi connectivity index (χ1n) is 7.08. The van der Waals surface area contributed by atoms with Gasteiger partial charge in [-0.25, -0.2) is 4.98 Å². The summed E-state index contributed by atoms with van der Waals surface area (Å²) in [7, 11) is 1.82. The van der Waals surface area contributed by atoms with Crippen LogP contribution in [0.5, 0.6) is 0 Å². The van der Waals surface area contributed by atoms with Gasteiger partial charge in [-0.15, -0.1) is 23.7 Å². The van der Waals surface area contributed by atoms with Gasteiger partial charge in [-0.2, -0.15) is 5.10 Å². The molecule has 1 aliphatic heterocycles. The number of carbonyl (C=O) groups excluding carboxylic acids is 1. The average molecular weight is 342 g/mol. The van der Waals surface area contributed by atoms with Gasteiger partial charge in [0, 0.05) is 61.9 Å². The third-order valence-electron chi connectivity index (χ3n) is 3.69. The van der Waals surface area contributed by atoms with E-state index in [4.69, 9.17) is 0 Å². The van der Waals surface area contributed by atoms with Gasteiger partial charge in [0.1, 0.15) is 0 Å². The molecule has 3 heterocycles. The second-order valence-corrected chi connectivity index (χ2v) is 6.62. The van der Waals surface area contributed by atoms with Crippen LogP contribution in [0, 0.1) is 6.92 Å². The summed E-state index contributed by atoms with van der Waals surface area (Å²) in [4.78, 5) is 19.8. The van der Waals surface area contributed by atoms with Crippen molar-refractivity contribution < 1.29 is 4.79 Å². The van der Waals surface area contributed by atoms with Crippen molar-refractivity contribution >= 4 is 29.7 Å². The second kappa shape index (κ2) is 7.21. The summed E-state index contributed by atoms with van der Waals surface area (Å²) in [6.45, 7) is 4.34. The van der Waals surface area contributed by atoms with E-state index < -0.39 is 0 Å². The number of amides is 1. The van der Waals surface area contributed by atoms with E-state index in [1.165, 1.54) is 4.88 Å². The lowest BCUT2D eigenvalue weighted by Crippen LogP contribution is -2.31. The monoisotopic (exact) mass is 341 g/mol. The highest BCUT2D eigenvalue weighted by atomic mass is 35.5. The van der Waals surface area contributed by atoms with Crippen LogP contribution in [0.2, 0.25) is 0 Å². The van der Waals surface area contributed by atoms with Gasteiger partial charge in [0.2, 0.25) is 0 Å². The molecule has 0 saturated heterocycles. The number of nitrogens with one attached hydrogen (secondary N) is 2. The Labute approximate surface area is 139 Å². The number of likely N-dealkylation sites (N-methyl/N-ethyl adjacent to an activating group) is 1. The first kappa shape index (κ1) is 16.9. The average Bonchev–Trinajstić information content (AvgIpc) is 3.10. The second-order valence-electron chi connectivity index (χ2n) is 5.30. The number of carbonyl (C=O) groups is 1. The van der Waals surface area contributed by atoms with Gasteiger partial charge >= 0.3 is 0 Å². The first-order chi connectivity index (χ1) is 10.1. The minimum atomic E-state index is -0.0236. The van der Waals surface area contributed by atoms with Gasteiger partial charge in [-0.3, -0.25) is 9.89 Å². The molecule has 6 nitrogen and oxygen atoms in total. The number of fused-ring (bicyclic) bond motifs is 1. The van der Waals surface area contributed by atoms with Crippen molar-refractivity contribution in [3.05, 3.63) is 33.0 Å². The van der Waals surface area contributed by atoms with Gasteiger partial charge in [0.05, 0.1) is 5.01 Å².